The minimum Gasteiger partial charge on any atom is -0.450 e. The maximum absolute atomic E-state index is 14.7. The fourth-order valence-electron chi connectivity index (χ4n) is 3.30. The zero-order chi connectivity index (χ0) is 23.6. The molecule has 0 aromatic heterocycles. The van der Waals surface area contributed by atoms with Gasteiger partial charge in [0.05, 0.1) is 5.56 Å². The Morgan fingerprint density at radius 3 is 2.38 bits per heavy atom. The summed E-state index contributed by atoms with van der Waals surface area (Å²) in [6.07, 6.45) is -2.19. The van der Waals surface area contributed by atoms with Crippen LogP contribution < -0.4 is 9.47 Å². The van der Waals surface area contributed by atoms with Crippen LogP contribution in [0.1, 0.15) is 43.4 Å². The van der Waals surface area contributed by atoms with Crippen molar-refractivity contribution in [2.45, 2.75) is 45.6 Å². The monoisotopic (exact) mass is 450 g/mol. The molecule has 0 amide bonds. The highest BCUT2D eigenvalue weighted by Gasteiger charge is 2.37. The lowest BCUT2D eigenvalue weighted by molar-refractivity contribution is -0.187. The number of alkyl halides is 2. The van der Waals surface area contributed by atoms with Gasteiger partial charge in [0.2, 0.25) is 11.6 Å². The average molecular weight is 450 g/mol. The summed E-state index contributed by atoms with van der Waals surface area (Å²) in [6, 6.07) is 6.35. The molecule has 0 saturated carbocycles. The third-order valence-corrected chi connectivity index (χ3v) is 5.14. The van der Waals surface area contributed by atoms with Crippen LogP contribution in [-0.4, -0.2) is 0 Å². The maximum Gasteiger partial charge on any atom is 0.426 e. The number of allylic oxidation sites excluding steroid dienone is 3. The van der Waals surface area contributed by atoms with Gasteiger partial charge in [-0.3, -0.25) is 0 Å². The quantitative estimate of drug-likeness (QED) is 0.403. The Hall–Kier alpha value is -3.09. The van der Waals surface area contributed by atoms with Crippen LogP contribution in [0.5, 0.6) is 11.5 Å². The molecule has 1 aliphatic rings. The Kier molecular flexibility index (Phi) is 6.77. The summed E-state index contributed by atoms with van der Waals surface area (Å²) >= 11 is 0. The molecule has 2 aromatic rings. The topological polar surface area (TPSA) is 18.5 Å². The van der Waals surface area contributed by atoms with Gasteiger partial charge in [0.25, 0.3) is 0 Å². The van der Waals surface area contributed by atoms with Crippen LogP contribution in [0.25, 0.3) is 0 Å². The molecular formula is C25H23F5O2. The Morgan fingerprint density at radius 2 is 1.78 bits per heavy atom. The van der Waals surface area contributed by atoms with Crippen molar-refractivity contribution in [1.29, 1.82) is 0 Å². The van der Waals surface area contributed by atoms with Crippen molar-refractivity contribution in [3.8, 4) is 11.5 Å². The first kappa shape index (κ1) is 23.6. The predicted molar refractivity (Wildman–Crippen MR) is 112 cm³/mol. The van der Waals surface area contributed by atoms with Crippen molar-refractivity contribution in [3.63, 3.8) is 0 Å². The van der Waals surface area contributed by atoms with Crippen molar-refractivity contribution in [2.75, 3.05) is 0 Å². The van der Waals surface area contributed by atoms with Gasteiger partial charge in [0.15, 0.2) is 23.1 Å². The molecule has 32 heavy (non-hydrogen) atoms. The van der Waals surface area contributed by atoms with E-state index in [-0.39, 0.29) is 35.3 Å². The first-order valence-corrected chi connectivity index (χ1v) is 10.2. The van der Waals surface area contributed by atoms with Crippen LogP contribution in [0.4, 0.5) is 22.0 Å². The van der Waals surface area contributed by atoms with Gasteiger partial charge in [-0.05, 0) is 47.8 Å². The second-order valence-corrected chi connectivity index (χ2v) is 7.54. The molecule has 1 heterocycles. The van der Waals surface area contributed by atoms with Crippen molar-refractivity contribution in [1.82, 2.24) is 0 Å². The lowest BCUT2D eigenvalue weighted by Gasteiger charge is -2.25. The van der Waals surface area contributed by atoms with Crippen LogP contribution in [0.2, 0.25) is 0 Å². The van der Waals surface area contributed by atoms with Crippen LogP contribution >= 0.6 is 0 Å². The third kappa shape index (κ3) is 4.56. The molecule has 0 fully saturated rings. The van der Waals surface area contributed by atoms with Gasteiger partial charge in [-0.15, -0.1) is 0 Å². The van der Waals surface area contributed by atoms with E-state index in [0.29, 0.717) is 0 Å². The Bertz CT molecular complexity index is 1080. The van der Waals surface area contributed by atoms with E-state index in [1.807, 2.05) is 6.92 Å². The molecule has 2 aromatic carbocycles. The van der Waals surface area contributed by atoms with Gasteiger partial charge < -0.3 is 9.47 Å². The minimum atomic E-state index is -3.91. The number of hydrogen-bond acceptors (Lipinski definition) is 2. The number of benzene rings is 2. The summed E-state index contributed by atoms with van der Waals surface area (Å²) in [4.78, 5) is 0. The highest BCUT2D eigenvalue weighted by atomic mass is 19.3. The highest BCUT2D eigenvalue weighted by molar-refractivity contribution is 5.52. The van der Waals surface area contributed by atoms with Crippen molar-refractivity contribution in [3.05, 3.63) is 94.5 Å². The van der Waals surface area contributed by atoms with Gasteiger partial charge in [-0.25, -0.2) is 4.39 Å². The zero-order valence-corrected chi connectivity index (χ0v) is 17.8. The van der Waals surface area contributed by atoms with Crippen molar-refractivity contribution >= 4 is 0 Å². The molecule has 0 unspecified atom stereocenters. The molecule has 2 nitrogen and oxygen atoms in total. The number of hydrogen-bond donors (Lipinski definition) is 0. The molecule has 7 heteroatoms. The van der Waals surface area contributed by atoms with Gasteiger partial charge in [-0.1, -0.05) is 45.6 Å². The zero-order valence-electron chi connectivity index (χ0n) is 17.8. The van der Waals surface area contributed by atoms with E-state index in [9.17, 15) is 22.0 Å². The number of halogens is 5. The normalized spacial score (nSPS) is 15.2. The first-order valence-electron chi connectivity index (χ1n) is 10.2. The van der Waals surface area contributed by atoms with Crippen molar-refractivity contribution in [2.24, 2.45) is 0 Å². The predicted octanol–water partition coefficient (Wildman–Crippen LogP) is 7.68. The van der Waals surface area contributed by atoms with E-state index in [4.69, 9.17) is 4.74 Å². The number of fused-ring (bicyclic) bond motifs is 1. The minimum absolute atomic E-state index is 0.0108. The van der Waals surface area contributed by atoms with Gasteiger partial charge >= 0.3 is 6.11 Å². The maximum atomic E-state index is 14.7. The summed E-state index contributed by atoms with van der Waals surface area (Å²) in [5.41, 5.74) is 0.628. The average Bonchev–Trinajstić information content (AvgIpc) is 2.76. The summed E-state index contributed by atoms with van der Waals surface area (Å²) < 4.78 is 82.9. The molecule has 3 rings (SSSR count). The van der Waals surface area contributed by atoms with Crippen LogP contribution in [0.15, 0.2) is 66.2 Å². The van der Waals surface area contributed by atoms with Gasteiger partial charge in [-0.2, -0.15) is 17.6 Å². The Morgan fingerprint density at radius 1 is 1.12 bits per heavy atom. The fourth-order valence-corrected chi connectivity index (χ4v) is 3.30. The molecule has 0 spiro atoms. The number of ether oxygens (including phenoxy) is 2. The summed E-state index contributed by atoms with van der Waals surface area (Å²) in [7, 11) is 0. The second kappa shape index (κ2) is 9.18. The molecule has 0 aliphatic carbocycles. The summed E-state index contributed by atoms with van der Waals surface area (Å²) in [6.45, 7) is 10.9. The number of rotatable bonds is 7. The van der Waals surface area contributed by atoms with Gasteiger partial charge in [0, 0.05) is 12.0 Å². The van der Waals surface area contributed by atoms with Gasteiger partial charge in [0.1, 0.15) is 0 Å². The third-order valence-electron chi connectivity index (χ3n) is 5.14. The lowest BCUT2D eigenvalue weighted by Crippen LogP contribution is -2.23. The fraction of sp³-hybridized carbons (Fsp3) is 0.280. The van der Waals surface area contributed by atoms with Crippen LogP contribution in [0.3, 0.4) is 0 Å². The summed E-state index contributed by atoms with van der Waals surface area (Å²) in [5.74, 6) is -5.95. The van der Waals surface area contributed by atoms with Crippen LogP contribution in [-0.2, 0) is 19.0 Å². The molecule has 1 aliphatic heterocycles. The first-order chi connectivity index (χ1) is 15.1. The molecule has 170 valence electrons. The lowest BCUT2D eigenvalue weighted by atomic mass is 9.98. The molecule has 0 radical (unpaired) electrons. The summed E-state index contributed by atoms with van der Waals surface area (Å²) in [5, 5.41) is 0. The molecule has 0 atom stereocenters. The van der Waals surface area contributed by atoms with E-state index in [1.54, 1.807) is 6.92 Å². The molecule has 0 bridgehead atoms. The van der Waals surface area contributed by atoms with E-state index in [2.05, 4.69) is 17.9 Å². The molecule has 0 N–H and O–H groups in total. The van der Waals surface area contributed by atoms with Crippen molar-refractivity contribution < 1.29 is 31.4 Å². The smallest absolute Gasteiger partial charge is 0.426 e. The Labute approximate surface area is 183 Å². The van der Waals surface area contributed by atoms with E-state index >= 15 is 0 Å². The standard InChI is InChI=1S/C25H23F5O2/c1-5-7-16-8-10-18(11-9-16)25(29,30)32-19-13-17-12-15(4)23(20(26)14(3)6-2)31-24(17)22(28)21(19)27/h8-11,13H,3-7,12H2,1-2H3/b23-20-. The van der Waals surface area contributed by atoms with Crippen LogP contribution in [0, 0.1) is 11.6 Å². The molecular weight excluding hydrogens is 427 g/mol. The highest BCUT2D eigenvalue weighted by Crippen LogP contribution is 2.43. The van der Waals surface area contributed by atoms with E-state index in [1.165, 1.54) is 24.3 Å². The number of aryl methyl sites for hydroxylation is 1. The largest absolute Gasteiger partial charge is 0.450 e. The SMILES string of the molecule is C=C(CC)/C(F)=C1/Oc2c(cc(OC(F)(F)c3ccc(CCC)cc3)c(F)c2F)CC1=C. The Balaban J connectivity index is 1.94. The molecule has 0 saturated heterocycles. The second-order valence-electron chi connectivity index (χ2n) is 7.54. The van der Waals surface area contributed by atoms with E-state index in [0.717, 1.165) is 24.5 Å². The van der Waals surface area contributed by atoms with E-state index < -0.39 is 40.6 Å².